The lowest BCUT2D eigenvalue weighted by Crippen LogP contribution is -2.32. The second kappa shape index (κ2) is 7.70. The van der Waals surface area contributed by atoms with Crippen LogP contribution < -0.4 is 14.9 Å². The van der Waals surface area contributed by atoms with Crippen LogP contribution in [0.15, 0.2) is 35.2 Å². The lowest BCUT2D eigenvalue weighted by Gasteiger charge is -2.13. The summed E-state index contributed by atoms with van der Waals surface area (Å²) in [5, 5.41) is 4.44. The van der Waals surface area contributed by atoms with Gasteiger partial charge in [-0.2, -0.15) is 0 Å². The summed E-state index contributed by atoms with van der Waals surface area (Å²) >= 11 is 0. The summed E-state index contributed by atoms with van der Waals surface area (Å²) in [6.07, 6.45) is 1.00. The molecule has 1 aliphatic heterocycles. The van der Waals surface area contributed by atoms with Crippen molar-refractivity contribution in [2.45, 2.75) is 18.2 Å². The number of amides is 1. The number of halogens is 1. The van der Waals surface area contributed by atoms with Crippen molar-refractivity contribution < 1.29 is 13.2 Å². The molecule has 2 N–H and O–H groups in total. The van der Waals surface area contributed by atoms with E-state index < -0.39 is 10.0 Å². The average Bonchev–Trinajstić information content (AvgIpc) is 2.82. The van der Waals surface area contributed by atoms with Crippen LogP contribution in [0.4, 0.5) is 5.69 Å². The number of carbonyl (C=O) groups is 1. The van der Waals surface area contributed by atoms with Crippen LogP contribution in [0.2, 0.25) is 0 Å². The molecule has 0 saturated carbocycles. The molecule has 3 rings (SSSR count). The first-order valence-electron chi connectivity index (χ1n) is 8.01. The molecule has 2 aromatic carbocycles. The van der Waals surface area contributed by atoms with Crippen molar-refractivity contribution in [3.63, 3.8) is 0 Å². The Balaban J connectivity index is 0.00000225. The van der Waals surface area contributed by atoms with Gasteiger partial charge in [-0.3, -0.25) is 4.79 Å². The molecule has 0 bridgehead atoms. The molecule has 2 aromatic rings. The summed E-state index contributed by atoms with van der Waals surface area (Å²) in [6.45, 7) is 3.82. The van der Waals surface area contributed by atoms with Crippen molar-refractivity contribution in [2.75, 3.05) is 31.6 Å². The van der Waals surface area contributed by atoms with Crippen molar-refractivity contribution in [3.05, 3.63) is 35.9 Å². The molecule has 8 heteroatoms. The van der Waals surface area contributed by atoms with Crippen LogP contribution in [0.3, 0.4) is 0 Å². The van der Waals surface area contributed by atoms with Crippen molar-refractivity contribution in [1.82, 2.24) is 10.0 Å². The first-order valence-corrected chi connectivity index (χ1v) is 9.50. The van der Waals surface area contributed by atoms with Crippen LogP contribution in [0.5, 0.6) is 0 Å². The van der Waals surface area contributed by atoms with Crippen LogP contribution in [-0.2, 0) is 10.0 Å². The third-order valence-electron chi connectivity index (χ3n) is 4.19. The van der Waals surface area contributed by atoms with E-state index in [0.717, 1.165) is 18.7 Å². The zero-order valence-corrected chi connectivity index (χ0v) is 15.8. The molecule has 0 aliphatic carbocycles. The van der Waals surface area contributed by atoms with Crippen molar-refractivity contribution in [2.24, 2.45) is 0 Å². The Morgan fingerprint density at radius 3 is 2.56 bits per heavy atom. The van der Waals surface area contributed by atoms with E-state index in [2.05, 4.69) is 17.0 Å². The van der Waals surface area contributed by atoms with Crippen LogP contribution >= 0.6 is 12.4 Å². The molecule has 0 saturated heterocycles. The van der Waals surface area contributed by atoms with Crippen LogP contribution in [0.1, 0.15) is 23.7 Å². The van der Waals surface area contributed by atoms with Gasteiger partial charge in [0.1, 0.15) is 0 Å². The van der Waals surface area contributed by atoms with Crippen molar-refractivity contribution in [1.29, 1.82) is 0 Å². The van der Waals surface area contributed by atoms with Crippen molar-refractivity contribution in [3.8, 4) is 0 Å². The van der Waals surface area contributed by atoms with E-state index in [-0.39, 0.29) is 23.2 Å². The number of anilines is 1. The highest BCUT2D eigenvalue weighted by Gasteiger charge is 2.29. The molecular weight excluding hydrogens is 362 g/mol. The monoisotopic (exact) mass is 383 g/mol. The fraction of sp³-hybridized carbons (Fsp3) is 0.353. The third-order valence-corrected chi connectivity index (χ3v) is 5.70. The number of hydrogen-bond acceptors (Lipinski definition) is 4. The van der Waals surface area contributed by atoms with Gasteiger partial charge >= 0.3 is 0 Å². The molecule has 0 spiro atoms. The maximum atomic E-state index is 12.6. The van der Waals surface area contributed by atoms with Crippen LogP contribution in [-0.4, -0.2) is 41.0 Å². The molecule has 0 radical (unpaired) electrons. The quantitative estimate of drug-likeness (QED) is 0.718. The lowest BCUT2D eigenvalue weighted by atomic mass is 10.1. The normalized spacial score (nSPS) is 13.4. The minimum Gasteiger partial charge on any atom is -0.315 e. The van der Waals surface area contributed by atoms with Crippen LogP contribution in [0, 0.1) is 0 Å². The van der Waals surface area contributed by atoms with Gasteiger partial charge in [-0.05, 0) is 31.2 Å². The van der Waals surface area contributed by atoms with E-state index in [1.165, 1.54) is 0 Å². The second-order valence-electron chi connectivity index (χ2n) is 5.82. The number of carbonyl (C=O) groups excluding carboxylic acids is 1. The highest BCUT2D eigenvalue weighted by Crippen LogP contribution is 2.39. The van der Waals surface area contributed by atoms with Crippen LogP contribution in [0.25, 0.3) is 10.8 Å². The molecule has 0 aromatic heterocycles. The number of rotatable bonds is 7. The Morgan fingerprint density at radius 1 is 1.08 bits per heavy atom. The highest BCUT2D eigenvalue weighted by molar-refractivity contribution is 7.89. The Hall–Kier alpha value is -1.67. The standard InChI is InChI=1S/C17H21N3O3S.ClH/c1-3-9-18-10-11-19-24(22,23)15-8-7-14-16-12(15)5-4-6-13(16)17(21)20(14)2;/h4-8,18-19H,3,9-11H2,1-2H3;1H. The number of hydrogen-bond donors (Lipinski definition) is 2. The van der Waals surface area contributed by atoms with E-state index in [0.29, 0.717) is 29.4 Å². The first-order chi connectivity index (χ1) is 11.5. The molecule has 25 heavy (non-hydrogen) atoms. The smallest absolute Gasteiger partial charge is 0.258 e. The molecule has 1 aliphatic rings. The Morgan fingerprint density at radius 2 is 1.84 bits per heavy atom. The fourth-order valence-corrected chi connectivity index (χ4v) is 4.23. The van der Waals surface area contributed by atoms with Gasteiger partial charge in [0.25, 0.3) is 5.91 Å². The Bertz CT molecular complexity index is 899. The Kier molecular flexibility index (Phi) is 6.05. The number of benzene rings is 2. The highest BCUT2D eigenvalue weighted by atomic mass is 35.5. The largest absolute Gasteiger partial charge is 0.315 e. The molecular formula is C17H22ClN3O3S. The topological polar surface area (TPSA) is 78.5 Å². The van der Waals surface area contributed by atoms with Gasteiger partial charge in [0.05, 0.1) is 10.6 Å². The van der Waals surface area contributed by atoms with E-state index in [1.807, 2.05) is 0 Å². The summed E-state index contributed by atoms with van der Waals surface area (Å²) in [6, 6.07) is 8.47. The zero-order valence-electron chi connectivity index (χ0n) is 14.2. The van der Waals surface area contributed by atoms with Gasteiger partial charge in [0, 0.05) is 36.5 Å². The second-order valence-corrected chi connectivity index (χ2v) is 7.56. The molecule has 136 valence electrons. The SMILES string of the molecule is CCCNCCNS(=O)(=O)c1ccc2c3c(cccc13)C(=O)N2C.Cl. The van der Waals surface area contributed by atoms with Gasteiger partial charge < -0.3 is 10.2 Å². The molecule has 0 unspecified atom stereocenters. The average molecular weight is 384 g/mol. The van der Waals surface area contributed by atoms with E-state index in [4.69, 9.17) is 0 Å². The maximum absolute atomic E-state index is 12.6. The van der Waals surface area contributed by atoms with E-state index in [1.54, 1.807) is 42.3 Å². The van der Waals surface area contributed by atoms with Gasteiger partial charge in [-0.1, -0.05) is 19.1 Å². The minimum atomic E-state index is -3.63. The van der Waals surface area contributed by atoms with E-state index in [9.17, 15) is 13.2 Å². The maximum Gasteiger partial charge on any atom is 0.258 e. The van der Waals surface area contributed by atoms with Gasteiger partial charge in [-0.25, -0.2) is 13.1 Å². The molecule has 1 heterocycles. The summed E-state index contributed by atoms with van der Waals surface area (Å²) in [5.74, 6) is -0.109. The van der Waals surface area contributed by atoms with Crippen molar-refractivity contribution >= 4 is 44.8 Å². The molecule has 6 nitrogen and oxygen atoms in total. The van der Waals surface area contributed by atoms with Gasteiger partial charge in [0.15, 0.2) is 0 Å². The van der Waals surface area contributed by atoms with E-state index >= 15 is 0 Å². The number of nitrogens with zero attached hydrogens (tertiary/aromatic N) is 1. The number of sulfonamides is 1. The molecule has 0 fully saturated rings. The Labute approximate surface area is 154 Å². The zero-order chi connectivity index (χ0) is 17.3. The first kappa shape index (κ1) is 19.7. The fourth-order valence-electron chi connectivity index (χ4n) is 3.00. The molecule has 1 amide bonds. The lowest BCUT2D eigenvalue weighted by molar-refractivity contribution is 0.0999. The summed E-state index contributed by atoms with van der Waals surface area (Å²) in [7, 11) is -1.94. The summed E-state index contributed by atoms with van der Waals surface area (Å²) in [4.78, 5) is 14.0. The number of nitrogens with one attached hydrogen (secondary N) is 2. The van der Waals surface area contributed by atoms with Gasteiger partial charge in [-0.15, -0.1) is 12.4 Å². The summed E-state index contributed by atoms with van der Waals surface area (Å²) < 4.78 is 27.9. The summed E-state index contributed by atoms with van der Waals surface area (Å²) in [5.41, 5.74) is 1.29. The third kappa shape index (κ3) is 3.50. The minimum absolute atomic E-state index is 0. The predicted octanol–water partition coefficient (Wildman–Crippen LogP) is 2.13. The predicted molar refractivity (Wildman–Crippen MR) is 102 cm³/mol. The van der Waals surface area contributed by atoms with Gasteiger partial charge in [0.2, 0.25) is 10.0 Å². The molecule has 0 atom stereocenters.